The summed E-state index contributed by atoms with van der Waals surface area (Å²) in [6.45, 7) is 0.431. The van der Waals surface area contributed by atoms with Crippen molar-refractivity contribution in [2.24, 2.45) is 11.1 Å². The third-order valence-electron chi connectivity index (χ3n) is 5.85. The molecule has 2 amide bonds. The van der Waals surface area contributed by atoms with Crippen LogP contribution < -0.4 is 5.73 Å². The second-order valence-corrected chi connectivity index (χ2v) is 7.04. The van der Waals surface area contributed by atoms with Crippen LogP contribution in [-0.2, 0) is 9.59 Å². The van der Waals surface area contributed by atoms with E-state index < -0.39 is 0 Å². The Hall–Kier alpha value is -0.900. The normalized spacial score (nSPS) is 29.1. The van der Waals surface area contributed by atoms with Gasteiger partial charge in [-0.1, -0.05) is 38.5 Å². The van der Waals surface area contributed by atoms with Crippen LogP contribution in [0.1, 0.15) is 70.6 Å². The van der Waals surface area contributed by atoms with Crippen molar-refractivity contribution in [3.05, 3.63) is 0 Å². The van der Waals surface area contributed by atoms with Crippen molar-refractivity contribution in [3.63, 3.8) is 0 Å². The highest BCUT2D eigenvalue weighted by atomic mass is 16.2. The number of carbonyl (C=O) groups is 2. The predicted octanol–water partition coefficient (Wildman–Crippen LogP) is 2.36. The molecule has 0 unspecified atom stereocenters. The highest BCUT2D eigenvalue weighted by Gasteiger charge is 2.57. The van der Waals surface area contributed by atoms with Crippen LogP contribution in [0.5, 0.6) is 0 Å². The standard InChI is InChI=1S/C16H26N2O2/c17-12-16(9-5-6-10-16)18-13(19)11-15(14(18)20)7-3-1-2-4-8-15/h1-12,17H2. The van der Waals surface area contributed by atoms with E-state index in [2.05, 4.69) is 0 Å². The van der Waals surface area contributed by atoms with E-state index in [-0.39, 0.29) is 22.8 Å². The molecule has 0 aromatic rings. The molecule has 1 aliphatic heterocycles. The third kappa shape index (κ3) is 2.00. The summed E-state index contributed by atoms with van der Waals surface area (Å²) in [5, 5.41) is 0. The monoisotopic (exact) mass is 278 g/mol. The van der Waals surface area contributed by atoms with Crippen molar-refractivity contribution in [1.29, 1.82) is 0 Å². The Kier molecular flexibility index (Phi) is 3.61. The Labute approximate surface area is 121 Å². The molecule has 0 atom stereocenters. The van der Waals surface area contributed by atoms with Crippen LogP contribution in [0, 0.1) is 5.41 Å². The summed E-state index contributed by atoms with van der Waals surface area (Å²) in [7, 11) is 0. The smallest absolute Gasteiger partial charge is 0.236 e. The quantitative estimate of drug-likeness (QED) is 0.789. The highest BCUT2D eigenvalue weighted by molar-refractivity contribution is 6.06. The van der Waals surface area contributed by atoms with Crippen molar-refractivity contribution in [1.82, 2.24) is 4.90 Å². The van der Waals surface area contributed by atoms with Gasteiger partial charge in [-0.3, -0.25) is 14.5 Å². The molecule has 4 nitrogen and oxygen atoms in total. The SMILES string of the molecule is NCC1(N2C(=O)CC3(CCCCCC3)C2=O)CCCC1. The highest BCUT2D eigenvalue weighted by Crippen LogP contribution is 2.48. The number of hydrogen-bond acceptors (Lipinski definition) is 3. The third-order valence-corrected chi connectivity index (χ3v) is 5.85. The van der Waals surface area contributed by atoms with Gasteiger partial charge in [0.05, 0.1) is 11.0 Å². The molecule has 0 radical (unpaired) electrons. The van der Waals surface area contributed by atoms with E-state index in [4.69, 9.17) is 5.73 Å². The maximum absolute atomic E-state index is 13.0. The zero-order valence-corrected chi connectivity index (χ0v) is 12.3. The zero-order chi connectivity index (χ0) is 14.2. The van der Waals surface area contributed by atoms with E-state index in [9.17, 15) is 9.59 Å². The van der Waals surface area contributed by atoms with Gasteiger partial charge in [-0.2, -0.15) is 0 Å². The van der Waals surface area contributed by atoms with Gasteiger partial charge in [-0.15, -0.1) is 0 Å². The molecule has 2 aliphatic carbocycles. The molecule has 3 fully saturated rings. The second kappa shape index (κ2) is 5.14. The molecule has 1 heterocycles. The molecule has 0 aromatic heterocycles. The Balaban J connectivity index is 1.90. The van der Waals surface area contributed by atoms with Gasteiger partial charge in [0.15, 0.2) is 0 Å². The van der Waals surface area contributed by atoms with Gasteiger partial charge in [0.1, 0.15) is 0 Å². The largest absolute Gasteiger partial charge is 0.328 e. The molecule has 20 heavy (non-hydrogen) atoms. The first kappa shape index (κ1) is 14.1. The zero-order valence-electron chi connectivity index (χ0n) is 12.3. The number of likely N-dealkylation sites (tertiary alicyclic amines) is 1. The van der Waals surface area contributed by atoms with Gasteiger partial charge in [0, 0.05) is 13.0 Å². The van der Waals surface area contributed by atoms with E-state index in [1.54, 1.807) is 4.90 Å². The first-order valence-corrected chi connectivity index (χ1v) is 8.21. The van der Waals surface area contributed by atoms with Gasteiger partial charge in [0.2, 0.25) is 11.8 Å². The molecule has 3 rings (SSSR count). The van der Waals surface area contributed by atoms with Crippen LogP contribution in [0.15, 0.2) is 0 Å². The van der Waals surface area contributed by atoms with E-state index in [0.717, 1.165) is 51.4 Å². The average molecular weight is 278 g/mol. The van der Waals surface area contributed by atoms with Gasteiger partial charge in [-0.25, -0.2) is 0 Å². The summed E-state index contributed by atoms with van der Waals surface area (Å²) in [4.78, 5) is 27.2. The lowest BCUT2D eigenvalue weighted by atomic mass is 9.78. The number of imide groups is 1. The molecule has 2 saturated carbocycles. The summed E-state index contributed by atoms with van der Waals surface area (Å²) >= 11 is 0. The van der Waals surface area contributed by atoms with Crippen molar-refractivity contribution in [3.8, 4) is 0 Å². The van der Waals surface area contributed by atoms with Crippen molar-refractivity contribution >= 4 is 11.8 Å². The van der Waals surface area contributed by atoms with E-state index in [1.807, 2.05) is 0 Å². The lowest BCUT2D eigenvalue weighted by Gasteiger charge is -2.38. The minimum absolute atomic E-state index is 0.0456. The van der Waals surface area contributed by atoms with Crippen molar-refractivity contribution in [2.45, 2.75) is 76.2 Å². The van der Waals surface area contributed by atoms with Gasteiger partial charge >= 0.3 is 0 Å². The molecule has 0 aromatic carbocycles. The molecule has 1 saturated heterocycles. The number of hydrogen-bond donors (Lipinski definition) is 1. The number of carbonyl (C=O) groups excluding carboxylic acids is 2. The van der Waals surface area contributed by atoms with Crippen LogP contribution in [0.25, 0.3) is 0 Å². The molecule has 112 valence electrons. The minimum atomic E-state index is -0.377. The number of nitrogens with zero attached hydrogens (tertiary/aromatic N) is 1. The Bertz CT molecular complexity index is 405. The van der Waals surface area contributed by atoms with Crippen molar-refractivity contribution in [2.75, 3.05) is 6.54 Å². The van der Waals surface area contributed by atoms with Crippen LogP contribution in [-0.4, -0.2) is 28.8 Å². The van der Waals surface area contributed by atoms with Gasteiger partial charge in [-0.05, 0) is 25.7 Å². The molecule has 3 aliphatic rings. The van der Waals surface area contributed by atoms with Crippen LogP contribution in [0.2, 0.25) is 0 Å². The lowest BCUT2D eigenvalue weighted by Crippen LogP contribution is -2.55. The fraction of sp³-hybridized carbons (Fsp3) is 0.875. The van der Waals surface area contributed by atoms with Crippen LogP contribution >= 0.6 is 0 Å². The minimum Gasteiger partial charge on any atom is -0.328 e. The molecule has 4 heteroatoms. The average Bonchev–Trinajstić information content (AvgIpc) is 2.90. The first-order chi connectivity index (χ1) is 9.64. The summed E-state index contributed by atoms with van der Waals surface area (Å²) in [5.74, 6) is 0.154. The predicted molar refractivity (Wildman–Crippen MR) is 76.9 cm³/mol. The topological polar surface area (TPSA) is 63.4 Å². The summed E-state index contributed by atoms with van der Waals surface area (Å²) < 4.78 is 0. The van der Waals surface area contributed by atoms with Gasteiger partial charge < -0.3 is 5.73 Å². The summed E-state index contributed by atoms with van der Waals surface area (Å²) in [6, 6.07) is 0. The molecule has 0 bridgehead atoms. The summed E-state index contributed by atoms with van der Waals surface area (Å²) in [6.07, 6.45) is 10.8. The second-order valence-electron chi connectivity index (χ2n) is 7.04. The van der Waals surface area contributed by atoms with E-state index in [1.165, 1.54) is 12.8 Å². The Morgan fingerprint density at radius 1 is 0.900 bits per heavy atom. The lowest BCUT2D eigenvalue weighted by molar-refractivity contribution is -0.148. The van der Waals surface area contributed by atoms with Crippen LogP contribution in [0.4, 0.5) is 0 Å². The number of rotatable bonds is 2. The van der Waals surface area contributed by atoms with Crippen molar-refractivity contribution < 1.29 is 9.59 Å². The van der Waals surface area contributed by atoms with Crippen LogP contribution in [0.3, 0.4) is 0 Å². The molecular weight excluding hydrogens is 252 g/mol. The number of amides is 2. The van der Waals surface area contributed by atoms with E-state index in [0.29, 0.717) is 13.0 Å². The molecule has 1 spiro atoms. The van der Waals surface area contributed by atoms with Gasteiger partial charge in [0.25, 0.3) is 0 Å². The fourth-order valence-electron chi connectivity index (χ4n) is 4.62. The van der Waals surface area contributed by atoms with E-state index >= 15 is 0 Å². The fourth-order valence-corrected chi connectivity index (χ4v) is 4.62. The Morgan fingerprint density at radius 3 is 2.00 bits per heavy atom. The molecular formula is C16H26N2O2. The maximum atomic E-state index is 13.0. The molecule has 2 N–H and O–H groups in total. The maximum Gasteiger partial charge on any atom is 0.236 e. The Morgan fingerprint density at radius 2 is 1.45 bits per heavy atom. The number of nitrogens with two attached hydrogens (primary N) is 1. The first-order valence-electron chi connectivity index (χ1n) is 8.21. The summed E-state index contributed by atoms with van der Waals surface area (Å²) in [5.41, 5.74) is 5.24.